The Bertz CT molecular complexity index is 1110. The zero-order valence-electron chi connectivity index (χ0n) is 17.9. The summed E-state index contributed by atoms with van der Waals surface area (Å²) in [5.41, 5.74) is 3.94. The quantitative estimate of drug-likeness (QED) is 0.260. The van der Waals surface area contributed by atoms with Crippen molar-refractivity contribution < 1.29 is 14.3 Å². The minimum Gasteiger partial charge on any atom is -0.496 e. The topological polar surface area (TPSA) is 79.8 Å². The van der Waals surface area contributed by atoms with Crippen molar-refractivity contribution in [1.29, 1.82) is 0 Å². The fraction of sp³-hybridized carbons (Fsp3) is 0.240. The van der Waals surface area contributed by atoms with E-state index < -0.39 is 0 Å². The Labute approximate surface area is 192 Å². The van der Waals surface area contributed by atoms with Gasteiger partial charge in [0.25, 0.3) is 5.91 Å². The lowest BCUT2D eigenvalue weighted by molar-refractivity contribution is -0.121. The fourth-order valence-electron chi connectivity index (χ4n) is 3.34. The van der Waals surface area contributed by atoms with Gasteiger partial charge in [-0.05, 0) is 42.5 Å². The molecule has 0 unspecified atom stereocenters. The number of benzene rings is 3. The van der Waals surface area contributed by atoms with Crippen LogP contribution in [0.2, 0.25) is 5.02 Å². The van der Waals surface area contributed by atoms with Gasteiger partial charge in [-0.1, -0.05) is 54.4 Å². The Morgan fingerprint density at radius 3 is 2.50 bits per heavy atom. The molecule has 0 spiro atoms. The summed E-state index contributed by atoms with van der Waals surface area (Å²) >= 11 is 6.02. The lowest BCUT2D eigenvalue weighted by atomic mass is 10.0. The highest BCUT2D eigenvalue weighted by atomic mass is 35.5. The summed E-state index contributed by atoms with van der Waals surface area (Å²) in [6, 6.07) is 18.6. The van der Waals surface area contributed by atoms with Crippen LogP contribution in [-0.4, -0.2) is 31.7 Å². The maximum absolute atomic E-state index is 12.1. The number of carbonyl (C=O) groups excluding carboxylic acids is 2. The van der Waals surface area contributed by atoms with Gasteiger partial charge in [0.05, 0.1) is 23.9 Å². The van der Waals surface area contributed by atoms with E-state index >= 15 is 0 Å². The smallest absolute Gasteiger partial charge is 0.252 e. The number of hydrogen-bond acceptors (Lipinski definition) is 4. The van der Waals surface area contributed by atoms with Gasteiger partial charge in [0, 0.05) is 23.9 Å². The summed E-state index contributed by atoms with van der Waals surface area (Å²) in [6.07, 6.45) is 4.34. The second-order valence-electron chi connectivity index (χ2n) is 7.24. The lowest BCUT2D eigenvalue weighted by Gasteiger charge is -2.07. The van der Waals surface area contributed by atoms with Gasteiger partial charge < -0.3 is 10.1 Å². The molecule has 2 N–H and O–H groups in total. The molecule has 0 aromatic heterocycles. The van der Waals surface area contributed by atoms with E-state index in [4.69, 9.17) is 16.3 Å². The van der Waals surface area contributed by atoms with Gasteiger partial charge in [-0.3, -0.25) is 9.59 Å². The van der Waals surface area contributed by atoms with E-state index in [1.54, 1.807) is 37.6 Å². The number of fused-ring (bicyclic) bond motifs is 1. The number of methoxy groups -OCH3 is 1. The fourth-order valence-corrected chi connectivity index (χ4v) is 3.57. The van der Waals surface area contributed by atoms with Crippen LogP contribution in [0, 0.1) is 0 Å². The second kappa shape index (κ2) is 11.9. The summed E-state index contributed by atoms with van der Waals surface area (Å²) in [7, 11) is 1.64. The molecular weight excluding hydrogens is 426 g/mol. The summed E-state index contributed by atoms with van der Waals surface area (Å²) < 4.78 is 5.39. The molecule has 0 radical (unpaired) electrons. The standard InChI is InChI=1S/C25H26ClN3O3/c1-32-23-15-14-18(19-9-4-5-10-20(19)23)17-28-29-24(30)13-3-2-8-16-27-25(31)21-11-6-7-12-22(21)26/h4-7,9-12,14-15,17H,2-3,8,13,16H2,1H3,(H,27,31)(H,29,30). The van der Waals surface area contributed by atoms with Crippen LogP contribution in [0.15, 0.2) is 65.8 Å². The van der Waals surface area contributed by atoms with Crippen molar-refractivity contribution in [1.82, 2.24) is 10.7 Å². The van der Waals surface area contributed by atoms with Gasteiger partial charge in [-0.15, -0.1) is 0 Å². The number of ether oxygens (including phenoxy) is 1. The van der Waals surface area contributed by atoms with E-state index in [0.717, 1.165) is 41.3 Å². The number of unbranched alkanes of at least 4 members (excludes halogenated alkanes) is 2. The summed E-state index contributed by atoms with van der Waals surface area (Å²) in [5.74, 6) is 0.470. The number of nitrogens with one attached hydrogen (secondary N) is 2. The van der Waals surface area contributed by atoms with Gasteiger partial charge in [0.1, 0.15) is 5.75 Å². The van der Waals surface area contributed by atoms with E-state index in [1.165, 1.54) is 0 Å². The molecule has 6 nitrogen and oxygen atoms in total. The summed E-state index contributed by atoms with van der Waals surface area (Å²) in [4.78, 5) is 24.1. The number of nitrogens with zero attached hydrogens (tertiary/aromatic N) is 1. The first-order valence-electron chi connectivity index (χ1n) is 10.5. The molecule has 3 rings (SSSR count). The Balaban J connectivity index is 1.37. The molecule has 166 valence electrons. The van der Waals surface area contributed by atoms with E-state index in [1.807, 2.05) is 36.4 Å². The number of rotatable bonds is 10. The Morgan fingerprint density at radius 1 is 0.969 bits per heavy atom. The SMILES string of the molecule is COc1ccc(C=NNC(=O)CCCCCNC(=O)c2ccccc2Cl)c2ccccc12. The molecule has 3 aromatic carbocycles. The molecule has 0 bridgehead atoms. The van der Waals surface area contributed by atoms with Crippen LogP contribution < -0.4 is 15.5 Å². The highest BCUT2D eigenvalue weighted by molar-refractivity contribution is 6.33. The van der Waals surface area contributed by atoms with Gasteiger partial charge in [-0.25, -0.2) is 5.43 Å². The first-order chi connectivity index (χ1) is 15.6. The number of hydrazone groups is 1. The van der Waals surface area contributed by atoms with E-state index in [9.17, 15) is 9.59 Å². The third-order valence-electron chi connectivity index (χ3n) is 5.02. The Hall–Kier alpha value is -3.38. The predicted octanol–water partition coefficient (Wildman–Crippen LogP) is 4.94. The van der Waals surface area contributed by atoms with Crippen molar-refractivity contribution in [2.75, 3.05) is 13.7 Å². The third-order valence-corrected chi connectivity index (χ3v) is 5.34. The number of hydrogen-bond donors (Lipinski definition) is 2. The molecule has 7 heteroatoms. The monoisotopic (exact) mass is 451 g/mol. The van der Waals surface area contributed by atoms with Crippen molar-refractivity contribution in [3.63, 3.8) is 0 Å². The first-order valence-corrected chi connectivity index (χ1v) is 10.9. The molecule has 0 saturated carbocycles. The van der Waals surface area contributed by atoms with E-state index in [-0.39, 0.29) is 11.8 Å². The molecule has 0 aliphatic carbocycles. The molecule has 0 aliphatic rings. The second-order valence-corrected chi connectivity index (χ2v) is 7.65. The van der Waals surface area contributed by atoms with E-state index in [2.05, 4.69) is 15.8 Å². The van der Waals surface area contributed by atoms with Crippen molar-refractivity contribution in [3.8, 4) is 5.75 Å². The normalized spacial score (nSPS) is 10.9. The molecule has 0 fully saturated rings. The first kappa shape index (κ1) is 23.3. The van der Waals surface area contributed by atoms with Crippen LogP contribution in [0.3, 0.4) is 0 Å². The number of carbonyl (C=O) groups is 2. The highest BCUT2D eigenvalue weighted by Gasteiger charge is 2.08. The van der Waals surface area contributed by atoms with Crippen molar-refractivity contribution in [3.05, 3.63) is 76.8 Å². The number of amides is 2. The zero-order valence-corrected chi connectivity index (χ0v) is 18.7. The minimum atomic E-state index is -0.186. The van der Waals surface area contributed by atoms with Crippen LogP contribution in [0.1, 0.15) is 41.6 Å². The van der Waals surface area contributed by atoms with Gasteiger partial charge in [0.15, 0.2) is 0 Å². The molecule has 2 amide bonds. The molecule has 32 heavy (non-hydrogen) atoms. The lowest BCUT2D eigenvalue weighted by Crippen LogP contribution is -2.24. The Morgan fingerprint density at radius 2 is 1.72 bits per heavy atom. The molecule has 0 atom stereocenters. The largest absolute Gasteiger partial charge is 0.496 e. The van der Waals surface area contributed by atoms with Crippen molar-refractivity contribution in [2.45, 2.75) is 25.7 Å². The molecule has 0 aliphatic heterocycles. The van der Waals surface area contributed by atoms with Gasteiger partial charge in [0.2, 0.25) is 5.91 Å². The molecule has 3 aromatic rings. The van der Waals surface area contributed by atoms with Crippen LogP contribution in [0.25, 0.3) is 10.8 Å². The molecule has 0 saturated heterocycles. The highest BCUT2D eigenvalue weighted by Crippen LogP contribution is 2.27. The van der Waals surface area contributed by atoms with E-state index in [0.29, 0.717) is 23.6 Å². The third kappa shape index (κ3) is 6.31. The molecule has 0 heterocycles. The Kier molecular flexibility index (Phi) is 8.63. The maximum atomic E-state index is 12.1. The molecular formula is C25H26ClN3O3. The summed E-state index contributed by atoms with van der Waals surface area (Å²) in [6.45, 7) is 0.536. The minimum absolute atomic E-state index is 0.140. The van der Waals surface area contributed by atoms with Gasteiger partial charge in [-0.2, -0.15) is 5.10 Å². The number of halogens is 1. The van der Waals surface area contributed by atoms with Crippen LogP contribution >= 0.6 is 11.6 Å². The van der Waals surface area contributed by atoms with Crippen LogP contribution in [0.5, 0.6) is 5.75 Å². The average Bonchev–Trinajstić information content (AvgIpc) is 2.81. The predicted molar refractivity (Wildman–Crippen MR) is 128 cm³/mol. The van der Waals surface area contributed by atoms with Gasteiger partial charge >= 0.3 is 0 Å². The summed E-state index contributed by atoms with van der Waals surface area (Å²) in [5, 5.41) is 9.37. The van der Waals surface area contributed by atoms with Crippen LogP contribution in [0.4, 0.5) is 0 Å². The van der Waals surface area contributed by atoms with Crippen molar-refractivity contribution in [2.24, 2.45) is 5.10 Å². The average molecular weight is 452 g/mol. The van der Waals surface area contributed by atoms with Crippen molar-refractivity contribution >= 4 is 40.4 Å². The van der Waals surface area contributed by atoms with Crippen LogP contribution in [-0.2, 0) is 4.79 Å². The maximum Gasteiger partial charge on any atom is 0.252 e. The zero-order chi connectivity index (χ0) is 22.8.